The fraction of sp³-hybridized carbons (Fsp3) is 0.667. The summed E-state index contributed by atoms with van der Waals surface area (Å²) in [6, 6.07) is 0. The Kier molecular flexibility index (Phi) is 8.82. The van der Waals surface area contributed by atoms with E-state index < -0.39 is 0 Å². The Balaban J connectivity index is 3.35. The second kappa shape index (κ2) is 9.35. The highest BCUT2D eigenvalue weighted by atomic mass is 14.8. The first-order valence-corrected chi connectivity index (χ1v) is 5.11. The second-order valence-corrected chi connectivity index (χ2v) is 3.25. The van der Waals surface area contributed by atoms with Gasteiger partial charge in [0.1, 0.15) is 0 Å². The first kappa shape index (κ1) is 12.3. The molecule has 13 heavy (non-hydrogen) atoms. The van der Waals surface area contributed by atoms with E-state index in [1.807, 2.05) is 0 Å². The zero-order valence-corrected chi connectivity index (χ0v) is 8.90. The average Bonchev–Trinajstić information content (AvgIpc) is 2.13. The van der Waals surface area contributed by atoms with E-state index in [4.69, 9.17) is 6.42 Å². The van der Waals surface area contributed by atoms with Crippen molar-refractivity contribution in [2.45, 2.75) is 39.5 Å². The number of rotatable bonds is 7. The first-order chi connectivity index (χ1) is 6.31. The van der Waals surface area contributed by atoms with E-state index in [2.05, 4.69) is 31.2 Å². The van der Waals surface area contributed by atoms with Crippen LogP contribution in [0, 0.1) is 12.3 Å². The van der Waals surface area contributed by atoms with Gasteiger partial charge in [0.15, 0.2) is 0 Å². The SMILES string of the molecule is C#CCCC/C(C)=C\CCNCC. The van der Waals surface area contributed by atoms with Gasteiger partial charge in [0.25, 0.3) is 0 Å². The van der Waals surface area contributed by atoms with Crippen LogP contribution in [-0.2, 0) is 0 Å². The Morgan fingerprint density at radius 2 is 2.31 bits per heavy atom. The number of allylic oxidation sites excluding steroid dienone is 1. The Morgan fingerprint density at radius 3 is 2.92 bits per heavy atom. The molecule has 0 radical (unpaired) electrons. The van der Waals surface area contributed by atoms with Crippen molar-refractivity contribution in [1.82, 2.24) is 5.32 Å². The van der Waals surface area contributed by atoms with Crippen LogP contribution in [0.4, 0.5) is 0 Å². The lowest BCUT2D eigenvalue weighted by Crippen LogP contribution is -2.13. The third-order valence-corrected chi connectivity index (χ3v) is 1.96. The quantitative estimate of drug-likeness (QED) is 0.360. The predicted molar refractivity (Wildman–Crippen MR) is 59.6 cm³/mol. The maximum Gasteiger partial charge on any atom is 0.00891 e. The summed E-state index contributed by atoms with van der Waals surface area (Å²) in [6.07, 6.45) is 11.8. The maximum absolute atomic E-state index is 5.17. The number of unbranched alkanes of at least 4 members (excludes halogenated alkanes) is 1. The van der Waals surface area contributed by atoms with Crippen LogP contribution in [-0.4, -0.2) is 13.1 Å². The molecule has 0 aliphatic rings. The van der Waals surface area contributed by atoms with Crippen molar-refractivity contribution in [2.24, 2.45) is 0 Å². The van der Waals surface area contributed by atoms with Gasteiger partial charge in [-0.05, 0) is 39.3 Å². The van der Waals surface area contributed by atoms with Gasteiger partial charge in [-0.25, -0.2) is 0 Å². The molecule has 1 nitrogen and oxygen atoms in total. The normalized spacial score (nSPS) is 11.3. The molecule has 0 aromatic carbocycles. The van der Waals surface area contributed by atoms with E-state index in [0.29, 0.717) is 0 Å². The van der Waals surface area contributed by atoms with Crippen molar-refractivity contribution in [1.29, 1.82) is 0 Å². The Labute approximate surface area is 82.6 Å². The minimum absolute atomic E-state index is 0.901. The Bertz CT molecular complexity index is 174. The van der Waals surface area contributed by atoms with Gasteiger partial charge in [-0.15, -0.1) is 12.3 Å². The monoisotopic (exact) mass is 179 g/mol. The van der Waals surface area contributed by atoms with Gasteiger partial charge in [0.05, 0.1) is 0 Å². The average molecular weight is 179 g/mol. The summed E-state index contributed by atoms with van der Waals surface area (Å²) in [5.74, 6) is 2.66. The minimum Gasteiger partial charge on any atom is -0.317 e. The summed E-state index contributed by atoms with van der Waals surface area (Å²) >= 11 is 0. The molecule has 0 spiro atoms. The predicted octanol–water partition coefficient (Wildman–Crippen LogP) is 2.74. The highest BCUT2D eigenvalue weighted by Crippen LogP contribution is 2.06. The van der Waals surface area contributed by atoms with Crippen LogP contribution < -0.4 is 5.32 Å². The van der Waals surface area contributed by atoms with Gasteiger partial charge in [0, 0.05) is 6.42 Å². The molecular formula is C12H21N. The van der Waals surface area contributed by atoms with Crippen molar-refractivity contribution in [3.63, 3.8) is 0 Å². The minimum atomic E-state index is 0.901. The Hall–Kier alpha value is -0.740. The summed E-state index contributed by atoms with van der Waals surface area (Å²) < 4.78 is 0. The summed E-state index contributed by atoms with van der Waals surface area (Å²) in [6.45, 7) is 6.46. The molecule has 0 bridgehead atoms. The van der Waals surface area contributed by atoms with Gasteiger partial charge in [-0.3, -0.25) is 0 Å². The fourth-order valence-corrected chi connectivity index (χ4v) is 1.17. The topological polar surface area (TPSA) is 12.0 Å². The maximum atomic E-state index is 5.17. The number of nitrogens with one attached hydrogen (secondary N) is 1. The van der Waals surface area contributed by atoms with Crippen LogP contribution in [0.1, 0.15) is 39.5 Å². The van der Waals surface area contributed by atoms with E-state index in [1.165, 1.54) is 5.57 Å². The summed E-state index contributed by atoms with van der Waals surface area (Å²) in [5.41, 5.74) is 1.47. The van der Waals surface area contributed by atoms with E-state index in [0.717, 1.165) is 38.8 Å². The second-order valence-electron chi connectivity index (χ2n) is 3.25. The van der Waals surface area contributed by atoms with Crippen LogP contribution in [0.3, 0.4) is 0 Å². The van der Waals surface area contributed by atoms with Crippen LogP contribution in [0.25, 0.3) is 0 Å². The van der Waals surface area contributed by atoms with E-state index in [-0.39, 0.29) is 0 Å². The third-order valence-electron chi connectivity index (χ3n) is 1.96. The van der Waals surface area contributed by atoms with Gasteiger partial charge in [0.2, 0.25) is 0 Å². The van der Waals surface area contributed by atoms with Gasteiger partial charge in [-0.1, -0.05) is 18.6 Å². The van der Waals surface area contributed by atoms with E-state index >= 15 is 0 Å². The third kappa shape index (κ3) is 9.17. The summed E-state index contributed by atoms with van der Waals surface area (Å²) in [4.78, 5) is 0. The van der Waals surface area contributed by atoms with Crippen molar-refractivity contribution < 1.29 is 0 Å². The summed E-state index contributed by atoms with van der Waals surface area (Å²) in [7, 11) is 0. The molecule has 0 heterocycles. The molecule has 1 N–H and O–H groups in total. The lowest BCUT2D eigenvalue weighted by atomic mass is 10.1. The molecule has 0 fully saturated rings. The molecule has 0 saturated heterocycles. The van der Waals surface area contributed by atoms with Gasteiger partial charge >= 0.3 is 0 Å². The first-order valence-electron chi connectivity index (χ1n) is 5.11. The zero-order chi connectivity index (χ0) is 9.94. The summed E-state index contributed by atoms with van der Waals surface area (Å²) in [5, 5.41) is 3.29. The molecule has 0 unspecified atom stereocenters. The highest BCUT2D eigenvalue weighted by Gasteiger charge is 1.89. The van der Waals surface area contributed by atoms with Crippen molar-refractivity contribution in [3.05, 3.63) is 11.6 Å². The fourth-order valence-electron chi connectivity index (χ4n) is 1.17. The zero-order valence-electron chi connectivity index (χ0n) is 8.90. The van der Waals surface area contributed by atoms with Gasteiger partial charge < -0.3 is 5.32 Å². The van der Waals surface area contributed by atoms with Crippen molar-refractivity contribution in [2.75, 3.05) is 13.1 Å². The molecule has 0 amide bonds. The van der Waals surface area contributed by atoms with Crippen LogP contribution in [0.15, 0.2) is 11.6 Å². The van der Waals surface area contributed by atoms with Crippen LogP contribution >= 0.6 is 0 Å². The molecule has 0 aromatic heterocycles. The highest BCUT2D eigenvalue weighted by molar-refractivity contribution is 4.99. The van der Waals surface area contributed by atoms with Crippen molar-refractivity contribution >= 4 is 0 Å². The number of hydrogen-bond donors (Lipinski definition) is 1. The smallest absolute Gasteiger partial charge is 0.00891 e. The number of hydrogen-bond acceptors (Lipinski definition) is 1. The van der Waals surface area contributed by atoms with E-state index in [9.17, 15) is 0 Å². The molecule has 0 rings (SSSR count). The molecular weight excluding hydrogens is 158 g/mol. The van der Waals surface area contributed by atoms with Crippen LogP contribution in [0.5, 0.6) is 0 Å². The largest absolute Gasteiger partial charge is 0.317 e. The lowest BCUT2D eigenvalue weighted by molar-refractivity contribution is 0.721. The van der Waals surface area contributed by atoms with Crippen LogP contribution in [0.2, 0.25) is 0 Å². The molecule has 0 atom stereocenters. The molecule has 0 aromatic rings. The van der Waals surface area contributed by atoms with Gasteiger partial charge in [-0.2, -0.15) is 0 Å². The molecule has 0 aliphatic carbocycles. The molecule has 0 saturated carbocycles. The van der Waals surface area contributed by atoms with E-state index in [1.54, 1.807) is 0 Å². The standard InChI is InChI=1S/C12H21N/c1-4-6-7-9-12(3)10-8-11-13-5-2/h1,10,13H,5-9,11H2,2-3H3/b12-10-. The molecule has 1 heteroatoms. The molecule has 74 valence electrons. The lowest BCUT2D eigenvalue weighted by Gasteiger charge is -2.00. The Morgan fingerprint density at radius 1 is 1.54 bits per heavy atom. The number of terminal acetylenes is 1. The molecule has 0 aliphatic heterocycles. The van der Waals surface area contributed by atoms with Crippen molar-refractivity contribution in [3.8, 4) is 12.3 Å².